The Hall–Kier alpha value is -1.49. The van der Waals surface area contributed by atoms with Gasteiger partial charge >= 0.3 is 29.9 Å². The molecule has 2 aromatic heterocycles. The first-order chi connectivity index (χ1) is 28.0. The molecule has 312 valence electrons. The normalized spacial score (nSPS) is 30.9. The molecule has 0 amide bonds. The van der Waals surface area contributed by atoms with Crippen molar-refractivity contribution in [1.29, 1.82) is 0 Å². The molecule has 4 heterocycles. The summed E-state index contributed by atoms with van der Waals surface area (Å²) in [5.41, 5.74) is 0. The number of aliphatic hydroxyl groups is 2. The molecular weight excluding hydrogens is 1450 g/mol. The zero-order chi connectivity index (χ0) is 42.6. The largest absolute Gasteiger partial charge is 0.506 e. The number of carbonyl (C=O) groups excluding carboxylic acids is 4. The number of nitrogens with zero attached hydrogens (tertiary/aromatic N) is 4. The summed E-state index contributed by atoms with van der Waals surface area (Å²) in [7, 11) is 0. The number of aliphatic carboxylic acids is 1. The fraction of sp³-hybridized carbons (Fsp3) is 0.378. The van der Waals surface area contributed by atoms with Crippen LogP contribution in [0, 0.1) is 68.8 Å². The molecule has 4 aliphatic carbocycles. The summed E-state index contributed by atoms with van der Waals surface area (Å²) < 4.78 is 24.4. The van der Waals surface area contributed by atoms with E-state index in [1.165, 1.54) is 21.8 Å². The standard InChI is InChI=1S/C15H11I3O5.C9H10O5.C7H6N4O.C6H3I3O/c16-4-1-7(17)13(8(18)2-4)23-14(20)9-5-3-6-10(9)15(21)22-12(6)11(5)19;10-6-2-1-3-5(4(2)8(11)12)9(13)14-7(3)6;12-7(10-3-1-8-5-10)11-4-2-9-6-11;7-3-1-4(8)6(10)5(9)2-3/h1-2,5-6,9-12,19H,3H2;2-7,10H,1H2,(H,11,12);1-6H;1-2,10H. The van der Waals surface area contributed by atoms with Gasteiger partial charge in [0.1, 0.15) is 30.6 Å². The Labute approximate surface area is 417 Å². The molecule has 12 atom stereocenters. The number of esters is 3. The minimum atomic E-state index is -0.987. The molecule has 2 aliphatic heterocycles. The van der Waals surface area contributed by atoms with E-state index in [4.69, 9.17) is 19.3 Å². The summed E-state index contributed by atoms with van der Waals surface area (Å²) in [6, 6.07) is 7.56. The molecule has 59 heavy (non-hydrogen) atoms. The number of aliphatic hydroxyl groups excluding tert-OH is 2. The van der Waals surface area contributed by atoms with Gasteiger partial charge in [-0.1, -0.05) is 0 Å². The summed E-state index contributed by atoms with van der Waals surface area (Å²) in [4.78, 5) is 66.0. The van der Waals surface area contributed by atoms with Crippen molar-refractivity contribution in [3.05, 3.63) is 83.1 Å². The molecule has 4 bridgehead atoms. The number of rotatable bonds is 3. The van der Waals surface area contributed by atoms with Crippen LogP contribution in [0.15, 0.2) is 61.7 Å². The Morgan fingerprint density at radius 1 is 0.678 bits per heavy atom. The zero-order valence-electron chi connectivity index (χ0n) is 29.7. The summed E-state index contributed by atoms with van der Waals surface area (Å²) in [5, 5.41) is 38.3. The molecule has 2 aromatic carbocycles. The number of halogens is 6. The van der Waals surface area contributed by atoms with E-state index in [9.17, 15) is 39.3 Å². The third kappa shape index (κ3) is 9.01. The number of carbonyl (C=O) groups is 5. The fourth-order valence-electron chi connectivity index (χ4n) is 8.90. The molecule has 4 N–H and O–H groups in total. The molecule has 10 rings (SSSR count). The molecule has 4 aromatic rings. The van der Waals surface area contributed by atoms with Crippen LogP contribution in [0.25, 0.3) is 0 Å². The number of hydrogen-bond acceptors (Lipinski definition) is 13. The van der Waals surface area contributed by atoms with Crippen LogP contribution in [-0.4, -0.2) is 93.9 Å². The molecule has 4 saturated carbocycles. The molecule has 0 radical (unpaired) electrons. The second kappa shape index (κ2) is 18.7. The molecule has 6 fully saturated rings. The van der Waals surface area contributed by atoms with Crippen molar-refractivity contribution >= 4 is 165 Å². The predicted molar refractivity (Wildman–Crippen MR) is 254 cm³/mol. The number of benzene rings is 2. The Kier molecular flexibility index (Phi) is 14.4. The molecular formula is C37H30I6N4O12. The lowest BCUT2D eigenvalue weighted by Crippen LogP contribution is -2.42. The third-order valence-electron chi connectivity index (χ3n) is 11.3. The highest BCUT2D eigenvalue weighted by Crippen LogP contribution is 2.59. The smallest absolute Gasteiger partial charge is 0.338 e. The minimum absolute atomic E-state index is 0.0464. The van der Waals surface area contributed by atoms with Gasteiger partial charge in [0, 0.05) is 55.6 Å². The lowest BCUT2D eigenvalue weighted by molar-refractivity contribution is -0.151. The van der Waals surface area contributed by atoms with Crippen molar-refractivity contribution in [3.8, 4) is 11.5 Å². The maximum absolute atomic E-state index is 12.7. The number of carboxylic acids is 1. The summed E-state index contributed by atoms with van der Waals surface area (Å²) in [6.07, 6.45) is 8.04. The number of hydrogen-bond donors (Lipinski definition) is 4. The van der Waals surface area contributed by atoms with Crippen LogP contribution in [0.1, 0.15) is 12.8 Å². The number of phenols is 1. The number of ether oxygens (including phenoxy) is 3. The maximum Gasteiger partial charge on any atom is 0.338 e. The van der Waals surface area contributed by atoms with Crippen LogP contribution < -0.4 is 4.74 Å². The van der Waals surface area contributed by atoms with Gasteiger partial charge in [-0.15, -0.1) is 0 Å². The van der Waals surface area contributed by atoms with Gasteiger partial charge in [-0.25, -0.2) is 14.8 Å². The Bertz CT molecular complexity index is 2220. The average Bonchev–Trinajstić information content (AvgIpc) is 4.03. The van der Waals surface area contributed by atoms with E-state index in [-0.39, 0.29) is 35.7 Å². The second-order valence-corrected chi connectivity index (χ2v) is 21.6. The fourth-order valence-corrected chi connectivity index (χ4v) is 16.3. The van der Waals surface area contributed by atoms with Crippen molar-refractivity contribution in [2.45, 2.75) is 37.3 Å². The Morgan fingerprint density at radius 2 is 1.10 bits per heavy atom. The summed E-state index contributed by atoms with van der Waals surface area (Å²) >= 11 is 12.9. The molecule has 22 heteroatoms. The van der Waals surface area contributed by atoms with E-state index >= 15 is 0 Å². The van der Waals surface area contributed by atoms with Crippen molar-refractivity contribution in [3.63, 3.8) is 0 Å². The Balaban J connectivity index is 0.000000127. The van der Waals surface area contributed by atoms with Crippen LogP contribution in [0.3, 0.4) is 0 Å². The molecule has 2 saturated heterocycles. The maximum atomic E-state index is 12.7. The van der Waals surface area contributed by atoms with E-state index in [0.717, 1.165) is 21.4 Å². The van der Waals surface area contributed by atoms with Gasteiger partial charge < -0.3 is 34.6 Å². The van der Waals surface area contributed by atoms with Crippen molar-refractivity contribution < 1.29 is 58.6 Å². The Morgan fingerprint density at radius 3 is 1.53 bits per heavy atom. The summed E-state index contributed by atoms with van der Waals surface area (Å²) in [6.45, 7) is 0. The van der Waals surface area contributed by atoms with Crippen LogP contribution >= 0.6 is 136 Å². The SMILES string of the molecule is O=C(O)C1C2CC3C(OC(=O)C31)C2O.O=C(Oc1c(I)cc(I)cc1I)C1C2CC3C(OC(=O)C31)C2O.O=C(n1ccnc1)n1ccnc1.Oc1c(I)cc(I)cc1I. The number of aromatic nitrogens is 4. The molecule has 12 unspecified atom stereocenters. The topological polar surface area (TPSA) is 230 Å². The van der Waals surface area contributed by atoms with Gasteiger partial charge in [0.2, 0.25) is 0 Å². The molecule has 0 spiro atoms. The van der Waals surface area contributed by atoms with Gasteiger partial charge in [0.05, 0.1) is 50.2 Å². The first-order valence-electron chi connectivity index (χ1n) is 17.7. The lowest BCUT2D eigenvalue weighted by Gasteiger charge is -2.27. The van der Waals surface area contributed by atoms with E-state index in [1.54, 1.807) is 24.8 Å². The number of fused-ring (bicyclic) bond motifs is 2. The second-order valence-electron chi connectivity index (χ2n) is 14.4. The average molecular weight is 1480 g/mol. The number of aromatic hydroxyl groups is 1. The van der Waals surface area contributed by atoms with Crippen LogP contribution in [0.5, 0.6) is 11.5 Å². The van der Waals surface area contributed by atoms with E-state index in [0.29, 0.717) is 24.3 Å². The molecule has 6 aliphatic rings. The van der Waals surface area contributed by atoms with Gasteiger partial charge in [-0.3, -0.25) is 28.3 Å². The van der Waals surface area contributed by atoms with Crippen LogP contribution in [0.4, 0.5) is 4.79 Å². The van der Waals surface area contributed by atoms with E-state index < -0.39 is 66.0 Å². The zero-order valence-corrected chi connectivity index (χ0v) is 42.7. The van der Waals surface area contributed by atoms with E-state index in [1.807, 2.05) is 24.3 Å². The number of imidazole rings is 2. The monoisotopic (exact) mass is 1480 g/mol. The van der Waals surface area contributed by atoms with Crippen LogP contribution in [-0.2, 0) is 28.7 Å². The molecule has 16 nitrogen and oxygen atoms in total. The van der Waals surface area contributed by atoms with Crippen molar-refractivity contribution in [1.82, 2.24) is 19.1 Å². The van der Waals surface area contributed by atoms with Gasteiger partial charge in [0.25, 0.3) is 0 Å². The number of phenolic OH excluding ortho intramolecular Hbond substituents is 1. The van der Waals surface area contributed by atoms with Crippen molar-refractivity contribution in [2.75, 3.05) is 0 Å². The quantitative estimate of drug-likeness (QED) is 0.111. The first-order valence-corrected chi connectivity index (χ1v) is 24.2. The number of carboxylic acid groups (broad SMARTS) is 1. The minimum Gasteiger partial charge on any atom is -0.506 e. The third-order valence-corrected chi connectivity index (χ3v) is 15.8. The highest BCUT2D eigenvalue weighted by molar-refractivity contribution is 14.1. The van der Waals surface area contributed by atoms with Gasteiger partial charge in [-0.05, 0) is 173 Å². The van der Waals surface area contributed by atoms with E-state index in [2.05, 4.69) is 146 Å². The highest BCUT2D eigenvalue weighted by Gasteiger charge is 2.69. The van der Waals surface area contributed by atoms with Gasteiger partial charge in [0.15, 0.2) is 5.75 Å². The van der Waals surface area contributed by atoms with Crippen molar-refractivity contribution in [2.24, 2.45) is 47.3 Å². The van der Waals surface area contributed by atoms with Crippen LogP contribution in [0.2, 0.25) is 0 Å². The summed E-state index contributed by atoms with van der Waals surface area (Å²) in [5.74, 6) is -4.27. The van der Waals surface area contributed by atoms with Gasteiger partial charge in [-0.2, -0.15) is 0 Å². The predicted octanol–water partition coefficient (Wildman–Crippen LogP) is 5.62. The first kappa shape index (κ1) is 45.5. The lowest BCUT2D eigenvalue weighted by atomic mass is 9.78. The highest BCUT2D eigenvalue weighted by atomic mass is 127.